The molecule has 0 fully saturated rings. The zero-order valence-electron chi connectivity index (χ0n) is 15.6. The van der Waals surface area contributed by atoms with Gasteiger partial charge in [-0.2, -0.15) is 0 Å². The normalized spacial score (nSPS) is 10.1. The van der Waals surface area contributed by atoms with Crippen molar-refractivity contribution in [3.05, 3.63) is 90.2 Å². The lowest BCUT2D eigenvalue weighted by Crippen LogP contribution is -2.39. The molecule has 4 N–H and O–H groups in total. The molecule has 29 heavy (non-hydrogen) atoms. The van der Waals surface area contributed by atoms with Crippen LogP contribution in [0.25, 0.3) is 0 Å². The molecule has 0 aromatic heterocycles. The summed E-state index contributed by atoms with van der Waals surface area (Å²) in [4.78, 5) is 23.8. The third-order valence-electron chi connectivity index (χ3n) is 4.01. The van der Waals surface area contributed by atoms with E-state index in [1.807, 2.05) is 42.5 Å². The summed E-state index contributed by atoms with van der Waals surface area (Å²) in [6.07, 6.45) is 0. The van der Waals surface area contributed by atoms with Gasteiger partial charge in [0.2, 0.25) is 5.91 Å². The summed E-state index contributed by atoms with van der Waals surface area (Å²) in [5, 5.41) is 11.1. The number of hydrogen-bond donors (Lipinski definition) is 4. The molecule has 0 aliphatic heterocycles. The fourth-order valence-electron chi connectivity index (χ4n) is 2.54. The molecule has 7 heteroatoms. The number of halogens is 1. The van der Waals surface area contributed by atoms with Crippen molar-refractivity contribution in [2.45, 2.75) is 6.54 Å². The minimum absolute atomic E-state index is 0.167. The molecule has 6 nitrogen and oxygen atoms in total. The fraction of sp³-hybridized carbons (Fsp3) is 0.0909. The highest BCUT2D eigenvalue weighted by molar-refractivity contribution is 5.94. The number of carbonyl (C=O) groups is 2. The summed E-state index contributed by atoms with van der Waals surface area (Å²) in [7, 11) is 0. The van der Waals surface area contributed by atoms with E-state index in [4.69, 9.17) is 0 Å². The number of benzene rings is 3. The first kappa shape index (κ1) is 19.9. The Kier molecular flexibility index (Phi) is 6.78. The lowest BCUT2D eigenvalue weighted by atomic mass is 10.2. The van der Waals surface area contributed by atoms with Gasteiger partial charge in [-0.05, 0) is 54.1 Å². The lowest BCUT2D eigenvalue weighted by molar-refractivity contribution is -0.115. The molecule has 0 aliphatic carbocycles. The number of hydrogen-bond acceptors (Lipinski definition) is 3. The molecule has 0 spiro atoms. The third kappa shape index (κ3) is 6.66. The molecule has 148 valence electrons. The smallest absolute Gasteiger partial charge is 0.315 e. The minimum Gasteiger partial charge on any atom is -0.356 e. The molecule has 0 heterocycles. The molecule has 0 saturated carbocycles. The van der Waals surface area contributed by atoms with E-state index in [0.29, 0.717) is 5.69 Å². The van der Waals surface area contributed by atoms with Crippen molar-refractivity contribution in [3.8, 4) is 0 Å². The summed E-state index contributed by atoms with van der Waals surface area (Å²) in [5.74, 6) is -0.676. The lowest BCUT2D eigenvalue weighted by Gasteiger charge is -2.10. The van der Waals surface area contributed by atoms with Crippen LogP contribution in [0.2, 0.25) is 0 Å². The highest BCUT2D eigenvalue weighted by atomic mass is 19.1. The van der Waals surface area contributed by atoms with Gasteiger partial charge in [0, 0.05) is 23.6 Å². The molecule has 0 atom stereocenters. The van der Waals surface area contributed by atoms with Crippen LogP contribution in [0.4, 0.5) is 26.2 Å². The van der Waals surface area contributed by atoms with E-state index in [-0.39, 0.29) is 24.8 Å². The van der Waals surface area contributed by atoms with Crippen LogP contribution in [0.1, 0.15) is 5.56 Å². The zero-order chi connectivity index (χ0) is 20.5. The zero-order valence-corrected chi connectivity index (χ0v) is 15.6. The maximum Gasteiger partial charge on any atom is 0.315 e. The molecule has 0 aliphatic rings. The van der Waals surface area contributed by atoms with E-state index < -0.39 is 6.03 Å². The second-order valence-electron chi connectivity index (χ2n) is 6.28. The highest BCUT2D eigenvalue weighted by Gasteiger charge is 2.06. The Balaban J connectivity index is 1.39. The van der Waals surface area contributed by atoms with E-state index in [2.05, 4.69) is 21.3 Å². The van der Waals surface area contributed by atoms with Gasteiger partial charge < -0.3 is 21.3 Å². The summed E-state index contributed by atoms with van der Waals surface area (Å²) in [5.41, 5.74) is 3.25. The predicted octanol–water partition coefficient (Wildman–Crippen LogP) is 4.01. The van der Waals surface area contributed by atoms with Crippen molar-refractivity contribution in [2.75, 3.05) is 17.2 Å². The van der Waals surface area contributed by atoms with Gasteiger partial charge in [0.1, 0.15) is 5.82 Å². The number of amides is 3. The average molecular weight is 392 g/mol. The number of rotatable bonds is 7. The van der Waals surface area contributed by atoms with Gasteiger partial charge in [0.25, 0.3) is 0 Å². The first-order valence-electron chi connectivity index (χ1n) is 9.06. The Hall–Kier alpha value is -3.87. The standard InChI is InChI=1S/C22H21FN4O2/c23-17-8-6-16(7-9-17)14-24-22(29)25-15-21(28)27-20-12-10-19(11-13-20)26-18-4-2-1-3-5-18/h1-13,26H,14-15H2,(H,27,28)(H2,24,25,29). The SMILES string of the molecule is O=C(CNC(=O)NCc1ccc(F)cc1)Nc1ccc(Nc2ccccc2)cc1. The minimum atomic E-state index is -0.480. The second-order valence-corrected chi connectivity index (χ2v) is 6.28. The fourth-order valence-corrected chi connectivity index (χ4v) is 2.54. The summed E-state index contributed by atoms with van der Waals surface area (Å²) in [6, 6.07) is 22.3. The first-order chi connectivity index (χ1) is 14.1. The molecule has 0 bridgehead atoms. The van der Waals surface area contributed by atoms with Crippen molar-refractivity contribution in [1.29, 1.82) is 0 Å². The second kappa shape index (κ2) is 9.89. The van der Waals surface area contributed by atoms with Gasteiger partial charge in [0.05, 0.1) is 6.54 Å². The summed E-state index contributed by atoms with van der Waals surface area (Å²) < 4.78 is 12.8. The number of urea groups is 1. The molecule has 0 radical (unpaired) electrons. The summed E-state index contributed by atoms with van der Waals surface area (Å²) in [6.45, 7) is 0.0723. The van der Waals surface area contributed by atoms with Gasteiger partial charge >= 0.3 is 6.03 Å². The summed E-state index contributed by atoms with van der Waals surface area (Å²) >= 11 is 0. The van der Waals surface area contributed by atoms with E-state index in [1.165, 1.54) is 12.1 Å². The van der Waals surface area contributed by atoms with Crippen molar-refractivity contribution in [2.24, 2.45) is 0 Å². The predicted molar refractivity (Wildman–Crippen MR) is 111 cm³/mol. The van der Waals surface area contributed by atoms with Gasteiger partial charge in [-0.15, -0.1) is 0 Å². The van der Waals surface area contributed by atoms with Crippen LogP contribution in [-0.2, 0) is 11.3 Å². The molecule has 0 saturated heterocycles. The maximum absolute atomic E-state index is 12.8. The van der Waals surface area contributed by atoms with E-state index in [9.17, 15) is 14.0 Å². The first-order valence-corrected chi connectivity index (χ1v) is 9.06. The number of para-hydroxylation sites is 1. The van der Waals surface area contributed by atoms with E-state index in [0.717, 1.165) is 16.9 Å². The van der Waals surface area contributed by atoms with Gasteiger partial charge in [-0.3, -0.25) is 4.79 Å². The van der Waals surface area contributed by atoms with Gasteiger partial charge in [0.15, 0.2) is 0 Å². The van der Waals surface area contributed by atoms with Gasteiger partial charge in [-0.1, -0.05) is 30.3 Å². The molecular formula is C22H21FN4O2. The van der Waals surface area contributed by atoms with E-state index in [1.54, 1.807) is 24.3 Å². The van der Waals surface area contributed by atoms with E-state index >= 15 is 0 Å². The number of anilines is 3. The molecule has 3 aromatic rings. The van der Waals surface area contributed by atoms with Crippen molar-refractivity contribution in [1.82, 2.24) is 10.6 Å². The molecule has 3 rings (SSSR count). The molecule has 0 unspecified atom stereocenters. The molecule has 3 aromatic carbocycles. The number of nitrogens with one attached hydrogen (secondary N) is 4. The van der Waals surface area contributed by atoms with Crippen molar-refractivity contribution >= 4 is 29.0 Å². The Morgan fingerprint density at radius 2 is 1.34 bits per heavy atom. The Bertz CT molecular complexity index is 945. The van der Waals surface area contributed by atoms with Crippen molar-refractivity contribution < 1.29 is 14.0 Å². The highest BCUT2D eigenvalue weighted by Crippen LogP contribution is 2.18. The topological polar surface area (TPSA) is 82.3 Å². The Labute approximate surface area is 168 Å². The average Bonchev–Trinajstić information content (AvgIpc) is 2.74. The van der Waals surface area contributed by atoms with Crippen LogP contribution >= 0.6 is 0 Å². The largest absolute Gasteiger partial charge is 0.356 e. The Morgan fingerprint density at radius 1 is 0.724 bits per heavy atom. The molecular weight excluding hydrogens is 371 g/mol. The van der Waals surface area contributed by atoms with Crippen LogP contribution in [0.5, 0.6) is 0 Å². The quantitative estimate of drug-likeness (QED) is 0.490. The third-order valence-corrected chi connectivity index (χ3v) is 4.01. The van der Waals surface area contributed by atoms with Crippen LogP contribution < -0.4 is 21.3 Å². The Morgan fingerprint density at radius 3 is 2.03 bits per heavy atom. The maximum atomic E-state index is 12.8. The van der Waals surface area contributed by atoms with Crippen molar-refractivity contribution in [3.63, 3.8) is 0 Å². The monoisotopic (exact) mass is 392 g/mol. The molecule has 3 amide bonds. The van der Waals surface area contributed by atoms with Gasteiger partial charge in [-0.25, -0.2) is 9.18 Å². The van der Waals surface area contributed by atoms with Crippen LogP contribution in [0.15, 0.2) is 78.9 Å². The van der Waals surface area contributed by atoms with Crippen LogP contribution in [-0.4, -0.2) is 18.5 Å². The van der Waals surface area contributed by atoms with Crippen LogP contribution in [0, 0.1) is 5.82 Å². The van der Waals surface area contributed by atoms with Crippen LogP contribution in [0.3, 0.4) is 0 Å². The number of carbonyl (C=O) groups excluding carboxylic acids is 2.